The molecule has 1 aliphatic carbocycles. The summed E-state index contributed by atoms with van der Waals surface area (Å²) in [5.41, 5.74) is 3.78. The number of carbonyl (C=O) groups excluding carboxylic acids is 2. The van der Waals surface area contributed by atoms with Crippen LogP contribution < -0.4 is 21.5 Å². The Kier molecular flexibility index (Phi) is 8.60. The molecule has 0 spiro atoms. The number of amides is 3. The van der Waals surface area contributed by atoms with Crippen molar-refractivity contribution in [1.29, 1.82) is 0 Å². The van der Waals surface area contributed by atoms with Gasteiger partial charge in [-0.3, -0.25) is 9.59 Å². The molecule has 2 aromatic carbocycles. The minimum Gasteiger partial charge on any atom is -0.392 e. The maximum atomic E-state index is 13.0. The van der Waals surface area contributed by atoms with Crippen molar-refractivity contribution >= 4 is 23.3 Å². The average molecular weight is 518 g/mol. The molecular formula is C29H35N5O4. The molecule has 9 nitrogen and oxygen atoms in total. The number of aliphatic hydroxyl groups is 1. The second-order valence-electron chi connectivity index (χ2n) is 9.94. The third kappa shape index (κ3) is 6.67. The Balaban J connectivity index is 1.54. The van der Waals surface area contributed by atoms with E-state index in [0.717, 1.165) is 13.0 Å². The van der Waals surface area contributed by atoms with E-state index in [2.05, 4.69) is 16.0 Å². The second kappa shape index (κ2) is 12.1. The van der Waals surface area contributed by atoms with E-state index < -0.39 is 6.03 Å². The fourth-order valence-corrected chi connectivity index (χ4v) is 4.37. The van der Waals surface area contributed by atoms with Gasteiger partial charge in [0.25, 0.3) is 11.5 Å². The Morgan fingerprint density at radius 3 is 2.45 bits per heavy atom. The van der Waals surface area contributed by atoms with Crippen LogP contribution in [-0.4, -0.2) is 53.7 Å². The summed E-state index contributed by atoms with van der Waals surface area (Å²) in [7, 11) is 5.52. The fourth-order valence-electron chi connectivity index (χ4n) is 4.37. The van der Waals surface area contributed by atoms with Crippen LogP contribution in [0.15, 0.2) is 59.5 Å². The minimum absolute atomic E-state index is 0.115. The van der Waals surface area contributed by atoms with E-state index in [-0.39, 0.29) is 23.8 Å². The summed E-state index contributed by atoms with van der Waals surface area (Å²) in [5.74, 6) is 0.341. The van der Waals surface area contributed by atoms with Crippen molar-refractivity contribution in [3.63, 3.8) is 0 Å². The van der Waals surface area contributed by atoms with Crippen LogP contribution in [0.1, 0.15) is 46.7 Å². The van der Waals surface area contributed by atoms with Gasteiger partial charge in [0.05, 0.1) is 6.61 Å². The quantitative estimate of drug-likeness (QED) is 0.306. The lowest BCUT2D eigenvalue weighted by atomic mass is 9.99. The number of aryl methyl sites for hydroxylation is 1. The summed E-state index contributed by atoms with van der Waals surface area (Å²) in [6.07, 6.45) is 4.81. The third-order valence-corrected chi connectivity index (χ3v) is 6.61. The van der Waals surface area contributed by atoms with Crippen LogP contribution in [0.4, 0.5) is 16.2 Å². The minimum atomic E-state index is -0.464. The molecule has 1 aliphatic rings. The van der Waals surface area contributed by atoms with Gasteiger partial charge in [0, 0.05) is 42.2 Å². The van der Waals surface area contributed by atoms with Crippen LogP contribution in [0.2, 0.25) is 0 Å². The monoisotopic (exact) mass is 517 g/mol. The highest BCUT2D eigenvalue weighted by Gasteiger charge is 2.23. The molecule has 0 radical (unpaired) electrons. The van der Waals surface area contributed by atoms with Gasteiger partial charge in [-0.15, -0.1) is 0 Å². The standard InChI is InChI=1S/C29H35N5O4/c1-33(2)15-5-14-30-29(38)32-26-16-22(17-34(3)28(26)37)23-6-4-7-25(24(23)18-35)31-27(36)21-12-10-20(11-13-21)19-8-9-19/h4,6-7,10-13,16-17,19,35H,5,8-9,14-15,18H2,1-3H3,(H,31,36)(H2,30,32,38). The molecule has 38 heavy (non-hydrogen) atoms. The number of aromatic nitrogens is 1. The number of nitrogens with zero attached hydrogens (tertiary/aromatic N) is 2. The first kappa shape index (κ1) is 27.1. The van der Waals surface area contributed by atoms with Crippen LogP contribution in [0.3, 0.4) is 0 Å². The second-order valence-corrected chi connectivity index (χ2v) is 9.94. The number of urea groups is 1. The normalized spacial score (nSPS) is 12.9. The number of carbonyl (C=O) groups is 2. The highest BCUT2D eigenvalue weighted by molar-refractivity contribution is 6.05. The van der Waals surface area contributed by atoms with Crippen LogP contribution in [0.5, 0.6) is 0 Å². The molecule has 0 saturated heterocycles. The van der Waals surface area contributed by atoms with Gasteiger partial charge in [0.1, 0.15) is 5.69 Å². The number of rotatable bonds is 10. The molecule has 4 N–H and O–H groups in total. The third-order valence-electron chi connectivity index (χ3n) is 6.61. The van der Waals surface area contributed by atoms with E-state index in [0.29, 0.717) is 40.4 Å². The van der Waals surface area contributed by atoms with Crippen LogP contribution >= 0.6 is 0 Å². The van der Waals surface area contributed by atoms with Crippen molar-refractivity contribution in [1.82, 2.24) is 14.8 Å². The molecule has 0 unspecified atom stereocenters. The number of aliphatic hydroxyl groups excluding tert-OH is 1. The van der Waals surface area contributed by atoms with E-state index >= 15 is 0 Å². The van der Waals surface area contributed by atoms with Crippen molar-refractivity contribution in [2.45, 2.75) is 31.8 Å². The predicted molar refractivity (Wildman–Crippen MR) is 150 cm³/mol. The van der Waals surface area contributed by atoms with Gasteiger partial charge >= 0.3 is 6.03 Å². The summed E-state index contributed by atoms with van der Waals surface area (Å²) in [6, 6.07) is 14.1. The molecule has 0 atom stereocenters. The molecule has 3 aromatic rings. The molecule has 4 rings (SSSR count). The highest BCUT2D eigenvalue weighted by atomic mass is 16.3. The molecule has 0 bridgehead atoms. The Bertz CT molecular complexity index is 1360. The predicted octanol–water partition coefficient (Wildman–Crippen LogP) is 3.75. The van der Waals surface area contributed by atoms with E-state index in [1.165, 1.54) is 23.0 Å². The first-order valence-corrected chi connectivity index (χ1v) is 12.8. The Labute approximate surface area is 222 Å². The summed E-state index contributed by atoms with van der Waals surface area (Å²) in [6.45, 7) is 0.980. The molecule has 0 aliphatic heterocycles. The van der Waals surface area contributed by atoms with Crippen molar-refractivity contribution in [3.05, 3.63) is 81.8 Å². The zero-order valence-electron chi connectivity index (χ0n) is 22.1. The topological polar surface area (TPSA) is 116 Å². The first-order chi connectivity index (χ1) is 18.3. The maximum absolute atomic E-state index is 13.0. The molecule has 1 aromatic heterocycles. The average Bonchev–Trinajstić information content (AvgIpc) is 3.75. The molecular weight excluding hydrogens is 482 g/mol. The van der Waals surface area contributed by atoms with Crippen molar-refractivity contribution in [3.8, 4) is 11.1 Å². The zero-order valence-corrected chi connectivity index (χ0v) is 22.1. The van der Waals surface area contributed by atoms with Crippen molar-refractivity contribution in [2.75, 3.05) is 37.8 Å². The largest absolute Gasteiger partial charge is 0.392 e. The molecule has 9 heteroatoms. The van der Waals surface area contributed by atoms with E-state index in [4.69, 9.17) is 0 Å². The number of anilines is 2. The Hall–Kier alpha value is -3.95. The number of pyridine rings is 1. The van der Waals surface area contributed by atoms with Crippen molar-refractivity contribution < 1.29 is 14.7 Å². The van der Waals surface area contributed by atoms with Crippen molar-refractivity contribution in [2.24, 2.45) is 7.05 Å². The van der Waals surface area contributed by atoms with Gasteiger partial charge in [-0.2, -0.15) is 0 Å². The number of hydrogen-bond donors (Lipinski definition) is 4. The van der Waals surface area contributed by atoms with Crippen LogP contribution in [0, 0.1) is 0 Å². The number of nitrogens with one attached hydrogen (secondary N) is 3. The van der Waals surface area contributed by atoms with Gasteiger partial charge in [-0.1, -0.05) is 24.3 Å². The molecule has 200 valence electrons. The fraction of sp³-hybridized carbons (Fsp3) is 0.345. The lowest BCUT2D eigenvalue weighted by Crippen LogP contribution is -2.33. The smallest absolute Gasteiger partial charge is 0.319 e. The maximum Gasteiger partial charge on any atom is 0.319 e. The number of benzene rings is 2. The zero-order chi connectivity index (χ0) is 27.2. The molecule has 1 saturated carbocycles. The van der Waals surface area contributed by atoms with Gasteiger partial charge < -0.3 is 30.5 Å². The lowest BCUT2D eigenvalue weighted by molar-refractivity contribution is 0.102. The van der Waals surface area contributed by atoms with Gasteiger partial charge in [0.15, 0.2) is 0 Å². The first-order valence-electron chi connectivity index (χ1n) is 12.8. The van der Waals surface area contributed by atoms with E-state index in [1.54, 1.807) is 37.5 Å². The Morgan fingerprint density at radius 1 is 1.05 bits per heavy atom. The van der Waals surface area contributed by atoms with Gasteiger partial charge in [-0.05, 0) is 81.2 Å². The van der Waals surface area contributed by atoms with Gasteiger partial charge in [0.2, 0.25) is 0 Å². The van der Waals surface area contributed by atoms with Crippen LogP contribution in [-0.2, 0) is 13.7 Å². The Morgan fingerprint density at radius 2 is 1.79 bits per heavy atom. The molecule has 1 heterocycles. The van der Waals surface area contributed by atoms with Crippen LogP contribution in [0.25, 0.3) is 11.1 Å². The van der Waals surface area contributed by atoms with E-state index in [1.807, 2.05) is 43.3 Å². The summed E-state index contributed by atoms with van der Waals surface area (Å²) in [5, 5.41) is 18.6. The van der Waals surface area contributed by atoms with Gasteiger partial charge in [-0.25, -0.2) is 4.79 Å². The SMILES string of the molecule is CN(C)CCCNC(=O)Nc1cc(-c2cccc(NC(=O)c3ccc(C4CC4)cc3)c2CO)cn(C)c1=O. The molecule has 3 amide bonds. The lowest BCUT2D eigenvalue weighted by Gasteiger charge is -2.16. The van der Waals surface area contributed by atoms with E-state index in [9.17, 15) is 19.5 Å². The summed E-state index contributed by atoms with van der Waals surface area (Å²) >= 11 is 0. The highest BCUT2D eigenvalue weighted by Crippen LogP contribution is 2.40. The number of hydrogen-bond acceptors (Lipinski definition) is 5. The summed E-state index contributed by atoms with van der Waals surface area (Å²) < 4.78 is 1.38. The molecule has 1 fully saturated rings. The summed E-state index contributed by atoms with van der Waals surface area (Å²) in [4.78, 5) is 40.1.